The number of carbonyl (C=O) groups is 2. The lowest BCUT2D eigenvalue weighted by Crippen LogP contribution is -2.01. The summed E-state index contributed by atoms with van der Waals surface area (Å²) in [7, 11) is 1.34. The van der Waals surface area contributed by atoms with Gasteiger partial charge in [0, 0.05) is 23.5 Å². The molecule has 0 bridgehead atoms. The molecule has 0 aliphatic heterocycles. The Hall–Kier alpha value is -3.08. The highest BCUT2D eigenvalue weighted by Gasteiger charge is 2.04. The first kappa shape index (κ1) is 19.2. The number of unbranched alkanes of at least 4 members (excludes halogenated alkanes) is 1. The number of methoxy groups -OCH3 is 1. The highest BCUT2D eigenvalue weighted by atomic mass is 16.5. The van der Waals surface area contributed by atoms with Gasteiger partial charge in [-0.15, -0.1) is 0 Å². The molecule has 0 aromatic heterocycles. The van der Waals surface area contributed by atoms with E-state index in [0.29, 0.717) is 17.7 Å². The first-order valence-electron chi connectivity index (χ1n) is 8.52. The van der Waals surface area contributed by atoms with E-state index in [1.165, 1.54) is 13.2 Å². The van der Waals surface area contributed by atoms with Crippen LogP contribution in [-0.4, -0.2) is 25.5 Å². The molecule has 0 aliphatic rings. The van der Waals surface area contributed by atoms with E-state index in [1.807, 2.05) is 0 Å². The number of anilines is 1. The summed E-state index contributed by atoms with van der Waals surface area (Å²) in [5.74, 6) is 0.274. The number of carbonyl (C=O) groups excluding carboxylic acids is 2. The van der Waals surface area contributed by atoms with E-state index in [2.05, 4.69) is 17.0 Å². The molecule has 0 spiro atoms. The van der Waals surface area contributed by atoms with E-state index < -0.39 is 0 Å². The number of ether oxygens (including phenoxy) is 2. The Bertz CT molecular complexity index is 749. The van der Waals surface area contributed by atoms with Crippen molar-refractivity contribution in [3.63, 3.8) is 0 Å². The minimum absolute atomic E-state index is 0.108. The van der Waals surface area contributed by atoms with Crippen molar-refractivity contribution in [2.24, 2.45) is 0 Å². The number of rotatable bonds is 9. The molecule has 136 valence electrons. The third-order valence-corrected chi connectivity index (χ3v) is 3.70. The molecule has 0 unspecified atom stereocenters. The fraction of sp³-hybridized carbons (Fsp3) is 0.238. The molecule has 1 N–H and O–H groups in total. The van der Waals surface area contributed by atoms with E-state index in [1.54, 1.807) is 54.7 Å². The third kappa shape index (κ3) is 5.77. The maximum Gasteiger partial charge on any atom is 0.337 e. The van der Waals surface area contributed by atoms with Crippen molar-refractivity contribution < 1.29 is 19.1 Å². The van der Waals surface area contributed by atoms with Gasteiger partial charge in [0.05, 0.1) is 19.3 Å². The summed E-state index contributed by atoms with van der Waals surface area (Å²) in [5.41, 5.74) is 1.83. The minimum Gasteiger partial charge on any atom is -0.494 e. The average Bonchev–Trinajstić information content (AvgIpc) is 2.68. The molecular weight excluding hydrogens is 330 g/mol. The van der Waals surface area contributed by atoms with Gasteiger partial charge in [0.15, 0.2) is 5.78 Å². The van der Waals surface area contributed by atoms with E-state index in [9.17, 15) is 9.59 Å². The lowest BCUT2D eigenvalue weighted by Gasteiger charge is -2.05. The number of allylic oxidation sites excluding steroid dienone is 1. The Kier molecular flexibility index (Phi) is 7.43. The van der Waals surface area contributed by atoms with Crippen LogP contribution in [0.4, 0.5) is 5.69 Å². The largest absolute Gasteiger partial charge is 0.494 e. The van der Waals surface area contributed by atoms with Crippen LogP contribution in [0.3, 0.4) is 0 Å². The molecule has 2 rings (SSSR count). The van der Waals surface area contributed by atoms with Crippen LogP contribution >= 0.6 is 0 Å². The Balaban J connectivity index is 1.87. The van der Waals surface area contributed by atoms with Crippen molar-refractivity contribution in [1.29, 1.82) is 0 Å². The molecule has 26 heavy (non-hydrogen) atoms. The molecule has 0 saturated carbocycles. The molecule has 2 aromatic carbocycles. The van der Waals surface area contributed by atoms with Gasteiger partial charge < -0.3 is 14.8 Å². The van der Waals surface area contributed by atoms with Crippen molar-refractivity contribution in [3.8, 4) is 5.75 Å². The molecule has 0 amide bonds. The van der Waals surface area contributed by atoms with Crippen molar-refractivity contribution in [2.75, 3.05) is 19.0 Å². The van der Waals surface area contributed by atoms with Gasteiger partial charge in [0.2, 0.25) is 0 Å². The summed E-state index contributed by atoms with van der Waals surface area (Å²) in [6.45, 7) is 2.79. The van der Waals surface area contributed by atoms with Gasteiger partial charge in [0.25, 0.3) is 0 Å². The third-order valence-electron chi connectivity index (χ3n) is 3.70. The van der Waals surface area contributed by atoms with Gasteiger partial charge in [-0.1, -0.05) is 13.3 Å². The highest BCUT2D eigenvalue weighted by molar-refractivity contribution is 6.04. The number of hydrogen-bond donors (Lipinski definition) is 1. The van der Waals surface area contributed by atoms with Crippen LogP contribution in [0.2, 0.25) is 0 Å². The molecule has 0 heterocycles. The lowest BCUT2D eigenvalue weighted by atomic mass is 10.1. The fourth-order valence-electron chi connectivity index (χ4n) is 2.18. The average molecular weight is 353 g/mol. The van der Waals surface area contributed by atoms with Crippen LogP contribution in [0.1, 0.15) is 40.5 Å². The van der Waals surface area contributed by atoms with Gasteiger partial charge in [0.1, 0.15) is 5.75 Å². The second-order valence-corrected chi connectivity index (χ2v) is 5.64. The SMILES string of the molecule is CCCCOc1ccc(C(=O)/C=C/Nc2ccc(C(=O)OC)cc2)cc1. The van der Waals surface area contributed by atoms with Crippen LogP contribution in [0.25, 0.3) is 0 Å². The Morgan fingerprint density at radius 2 is 1.65 bits per heavy atom. The van der Waals surface area contributed by atoms with Gasteiger partial charge in [-0.3, -0.25) is 4.79 Å². The van der Waals surface area contributed by atoms with Gasteiger partial charge in [-0.25, -0.2) is 4.79 Å². The van der Waals surface area contributed by atoms with Crippen LogP contribution in [0.5, 0.6) is 5.75 Å². The Morgan fingerprint density at radius 3 is 2.27 bits per heavy atom. The molecule has 0 atom stereocenters. The summed E-state index contributed by atoms with van der Waals surface area (Å²) >= 11 is 0. The lowest BCUT2D eigenvalue weighted by molar-refractivity contribution is 0.0600. The predicted octanol–water partition coefficient (Wildman–Crippen LogP) is 4.46. The molecule has 0 radical (unpaired) electrons. The number of esters is 1. The molecule has 5 nitrogen and oxygen atoms in total. The summed E-state index contributed by atoms with van der Waals surface area (Å²) in [6, 6.07) is 13.9. The van der Waals surface area contributed by atoms with E-state index >= 15 is 0 Å². The van der Waals surface area contributed by atoms with E-state index in [0.717, 1.165) is 24.3 Å². The zero-order valence-electron chi connectivity index (χ0n) is 15.0. The van der Waals surface area contributed by atoms with Gasteiger partial charge >= 0.3 is 5.97 Å². The summed E-state index contributed by atoms with van der Waals surface area (Å²) < 4.78 is 10.2. The zero-order chi connectivity index (χ0) is 18.8. The van der Waals surface area contributed by atoms with Crippen molar-refractivity contribution in [3.05, 3.63) is 71.9 Å². The first-order valence-corrected chi connectivity index (χ1v) is 8.52. The minimum atomic E-state index is -0.385. The van der Waals surface area contributed by atoms with Crippen LogP contribution < -0.4 is 10.1 Å². The van der Waals surface area contributed by atoms with Crippen molar-refractivity contribution in [1.82, 2.24) is 0 Å². The van der Waals surface area contributed by atoms with Crippen LogP contribution in [0, 0.1) is 0 Å². The number of hydrogen-bond acceptors (Lipinski definition) is 5. The zero-order valence-corrected chi connectivity index (χ0v) is 15.0. The van der Waals surface area contributed by atoms with Crippen LogP contribution in [-0.2, 0) is 4.74 Å². The molecule has 0 fully saturated rings. The summed E-state index contributed by atoms with van der Waals surface area (Å²) in [4.78, 5) is 23.5. The predicted molar refractivity (Wildman–Crippen MR) is 102 cm³/mol. The molecule has 0 aliphatic carbocycles. The topological polar surface area (TPSA) is 64.6 Å². The summed E-state index contributed by atoms with van der Waals surface area (Å²) in [5, 5.41) is 3.00. The van der Waals surface area contributed by atoms with Crippen molar-refractivity contribution >= 4 is 17.4 Å². The van der Waals surface area contributed by atoms with E-state index in [4.69, 9.17) is 4.74 Å². The Labute approximate surface area is 153 Å². The highest BCUT2D eigenvalue weighted by Crippen LogP contribution is 2.14. The second kappa shape index (κ2) is 10.0. The molecule has 0 saturated heterocycles. The normalized spacial score (nSPS) is 10.5. The maximum absolute atomic E-state index is 12.2. The smallest absolute Gasteiger partial charge is 0.337 e. The fourth-order valence-corrected chi connectivity index (χ4v) is 2.18. The van der Waals surface area contributed by atoms with E-state index in [-0.39, 0.29) is 11.8 Å². The van der Waals surface area contributed by atoms with Crippen molar-refractivity contribution in [2.45, 2.75) is 19.8 Å². The maximum atomic E-state index is 12.2. The quantitative estimate of drug-likeness (QED) is 0.312. The number of ketones is 1. The molecule has 2 aromatic rings. The number of benzene rings is 2. The number of nitrogens with one attached hydrogen (secondary N) is 1. The summed E-state index contributed by atoms with van der Waals surface area (Å²) in [6.07, 6.45) is 5.12. The van der Waals surface area contributed by atoms with Gasteiger partial charge in [-0.2, -0.15) is 0 Å². The van der Waals surface area contributed by atoms with Crippen LogP contribution in [0.15, 0.2) is 60.8 Å². The molecule has 5 heteroatoms. The monoisotopic (exact) mass is 353 g/mol. The second-order valence-electron chi connectivity index (χ2n) is 5.64. The Morgan fingerprint density at radius 1 is 1.00 bits per heavy atom. The van der Waals surface area contributed by atoms with Gasteiger partial charge in [-0.05, 0) is 55.0 Å². The molecular formula is C21H23NO4. The first-order chi connectivity index (χ1) is 12.6. The standard InChI is InChI=1S/C21H23NO4/c1-3-4-15-26-19-11-7-16(8-12-19)20(23)13-14-22-18-9-5-17(6-10-18)21(24)25-2/h5-14,22H,3-4,15H2,1-2H3/b14-13+.